The number of alkyl halides is 3. The van der Waals surface area contributed by atoms with Crippen LogP contribution in [0.5, 0.6) is 0 Å². The van der Waals surface area contributed by atoms with Crippen LogP contribution in [0.3, 0.4) is 0 Å². The highest BCUT2D eigenvalue weighted by Crippen LogP contribution is 2.35. The summed E-state index contributed by atoms with van der Waals surface area (Å²) in [5.41, 5.74) is 0.639. The van der Waals surface area contributed by atoms with Gasteiger partial charge in [-0.25, -0.2) is 4.79 Å². The third-order valence-corrected chi connectivity index (χ3v) is 5.83. The summed E-state index contributed by atoms with van der Waals surface area (Å²) in [6.07, 6.45) is -3.24. The smallest absolute Gasteiger partial charge is 0.408 e. The van der Waals surface area contributed by atoms with E-state index in [9.17, 15) is 18.0 Å². The van der Waals surface area contributed by atoms with Crippen LogP contribution in [-0.2, 0) is 17.8 Å². The van der Waals surface area contributed by atoms with Crippen molar-refractivity contribution >= 4 is 22.7 Å². The van der Waals surface area contributed by atoms with Crippen LogP contribution < -0.4 is 10.6 Å². The fraction of sp³-hybridized carbons (Fsp3) is 0.542. The summed E-state index contributed by atoms with van der Waals surface area (Å²) in [5, 5.41) is 14.5. The number of rotatable bonds is 6. The van der Waals surface area contributed by atoms with Crippen molar-refractivity contribution in [3.63, 3.8) is 0 Å². The molecule has 2 aromatic heterocycles. The first-order valence-electron chi connectivity index (χ1n) is 11.8. The quantitative estimate of drug-likeness (QED) is 0.494. The largest absolute Gasteiger partial charge is 0.444 e. The number of amides is 1. The molecular weight excluding hydrogens is 477 g/mol. The van der Waals surface area contributed by atoms with Crippen LogP contribution in [0.25, 0.3) is 22.5 Å². The van der Waals surface area contributed by atoms with Crippen LogP contribution in [0.2, 0.25) is 0 Å². The Labute approximate surface area is 207 Å². The summed E-state index contributed by atoms with van der Waals surface area (Å²) < 4.78 is 52.5. The van der Waals surface area contributed by atoms with Gasteiger partial charge < -0.3 is 29.3 Å². The van der Waals surface area contributed by atoms with Crippen molar-refractivity contribution in [2.75, 3.05) is 25.5 Å². The third kappa shape index (κ3) is 6.48. The summed E-state index contributed by atoms with van der Waals surface area (Å²) in [4.78, 5) is 14.1. The maximum absolute atomic E-state index is 13.5. The number of nitrogens with one attached hydrogen (secondary N) is 2. The second-order valence-electron chi connectivity index (χ2n) is 10.0. The fourth-order valence-corrected chi connectivity index (χ4v) is 4.20. The molecule has 0 bridgehead atoms. The van der Waals surface area contributed by atoms with Gasteiger partial charge in [-0.2, -0.15) is 13.2 Å². The zero-order valence-corrected chi connectivity index (χ0v) is 20.8. The summed E-state index contributed by atoms with van der Waals surface area (Å²) in [7, 11) is 2.07. The zero-order chi connectivity index (χ0) is 26.1. The van der Waals surface area contributed by atoms with Gasteiger partial charge in [-0.1, -0.05) is 6.07 Å². The highest BCUT2D eigenvalue weighted by atomic mass is 19.4. The maximum Gasteiger partial charge on any atom is 0.408 e. The van der Waals surface area contributed by atoms with Crippen LogP contribution in [-0.4, -0.2) is 63.7 Å². The van der Waals surface area contributed by atoms with Crippen molar-refractivity contribution in [2.45, 2.75) is 64.5 Å². The average Bonchev–Trinajstić information content (AvgIpc) is 3.37. The van der Waals surface area contributed by atoms with Crippen LogP contribution in [0.4, 0.5) is 23.7 Å². The first-order chi connectivity index (χ1) is 16.9. The Morgan fingerprint density at radius 2 is 1.92 bits per heavy atom. The number of nitrogens with zero attached hydrogens (tertiary/aromatic N) is 4. The molecule has 0 unspecified atom stereocenters. The topological polar surface area (TPSA) is 97.5 Å². The van der Waals surface area contributed by atoms with Crippen molar-refractivity contribution < 1.29 is 27.1 Å². The molecule has 0 spiro atoms. The van der Waals surface area contributed by atoms with Crippen molar-refractivity contribution in [3.05, 3.63) is 30.2 Å². The van der Waals surface area contributed by atoms with E-state index in [-0.39, 0.29) is 30.1 Å². The van der Waals surface area contributed by atoms with E-state index >= 15 is 0 Å². The van der Waals surface area contributed by atoms with E-state index in [1.54, 1.807) is 39.0 Å². The van der Waals surface area contributed by atoms with E-state index < -0.39 is 24.4 Å². The molecule has 3 aromatic rings. The van der Waals surface area contributed by atoms with E-state index in [0.717, 1.165) is 36.2 Å². The molecule has 1 aromatic carbocycles. The Bertz CT molecular complexity index is 1210. The van der Waals surface area contributed by atoms with Gasteiger partial charge in [0.2, 0.25) is 5.89 Å². The average molecular weight is 509 g/mol. The van der Waals surface area contributed by atoms with Gasteiger partial charge in [0.05, 0.1) is 12.1 Å². The van der Waals surface area contributed by atoms with E-state index in [1.807, 2.05) is 6.07 Å². The molecule has 3 heterocycles. The summed E-state index contributed by atoms with van der Waals surface area (Å²) in [6.45, 7) is 5.76. The van der Waals surface area contributed by atoms with Crippen LogP contribution in [0.1, 0.15) is 39.5 Å². The molecule has 1 fully saturated rings. The van der Waals surface area contributed by atoms with Crippen molar-refractivity contribution in [3.8, 4) is 11.6 Å². The molecule has 2 N–H and O–H groups in total. The fourth-order valence-electron chi connectivity index (χ4n) is 4.20. The SMILES string of the molecule is CN1CCC(Nc2cccc3c2cc(-c2nnc(CNC(=O)OC(C)(C)C)o2)n3CC(F)(F)F)CC1. The first-order valence-corrected chi connectivity index (χ1v) is 11.8. The number of carbonyl (C=O) groups excluding carboxylic acids is 1. The van der Waals surface area contributed by atoms with E-state index in [4.69, 9.17) is 9.15 Å². The number of carbonyl (C=O) groups is 1. The van der Waals surface area contributed by atoms with E-state index in [1.165, 1.54) is 0 Å². The first kappa shape index (κ1) is 25.8. The predicted octanol–water partition coefficient (Wildman–Crippen LogP) is 4.78. The number of piperidine rings is 1. The summed E-state index contributed by atoms with van der Waals surface area (Å²) >= 11 is 0. The number of likely N-dealkylation sites (tertiary alicyclic amines) is 1. The lowest BCUT2D eigenvalue weighted by Gasteiger charge is -2.30. The molecular formula is C24H31F3N6O3. The Kier molecular flexibility index (Phi) is 7.17. The highest BCUT2D eigenvalue weighted by molar-refractivity contribution is 5.96. The molecule has 1 amide bonds. The lowest BCUT2D eigenvalue weighted by Crippen LogP contribution is -2.36. The molecule has 1 saturated heterocycles. The number of anilines is 1. The van der Waals surface area contributed by atoms with Gasteiger partial charge in [-0.15, -0.1) is 10.2 Å². The van der Waals surface area contributed by atoms with Crippen molar-refractivity contribution in [1.82, 2.24) is 25.0 Å². The van der Waals surface area contributed by atoms with Crippen molar-refractivity contribution in [1.29, 1.82) is 0 Å². The van der Waals surface area contributed by atoms with E-state index in [0.29, 0.717) is 10.9 Å². The highest BCUT2D eigenvalue weighted by Gasteiger charge is 2.31. The minimum absolute atomic E-state index is 0.0457. The normalized spacial score (nSPS) is 15.9. The van der Waals surface area contributed by atoms with Gasteiger partial charge in [0.25, 0.3) is 5.89 Å². The minimum Gasteiger partial charge on any atom is -0.444 e. The maximum atomic E-state index is 13.5. The number of fused-ring (bicyclic) bond motifs is 1. The molecule has 0 saturated carbocycles. The van der Waals surface area contributed by atoms with E-state index in [2.05, 4.69) is 32.8 Å². The predicted molar refractivity (Wildman–Crippen MR) is 129 cm³/mol. The molecule has 12 heteroatoms. The number of alkyl carbamates (subject to hydrolysis) is 1. The standard InChI is InChI=1S/C24H31F3N6O3/c1-23(2,3)36-22(34)28-13-20-30-31-21(35-20)19-12-16-17(29-15-8-10-32(4)11-9-15)6-5-7-18(16)33(19)14-24(25,26)27/h5-7,12,15,29H,8-11,13-14H2,1-4H3,(H,28,34). The number of hydrogen-bond donors (Lipinski definition) is 2. The van der Waals surface area contributed by atoms with Crippen LogP contribution >= 0.6 is 0 Å². The van der Waals surface area contributed by atoms with Gasteiger partial charge in [0, 0.05) is 17.1 Å². The Hall–Kier alpha value is -3.28. The monoisotopic (exact) mass is 508 g/mol. The molecule has 0 radical (unpaired) electrons. The second-order valence-corrected chi connectivity index (χ2v) is 10.0. The Morgan fingerprint density at radius 1 is 1.19 bits per heavy atom. The molecule has 0 aliphatic carbocycles. The number of aromatic nitrogens is 3. The number of benzene rings is 1. The van der Waals surface area contributed by atoms with Crippen LogP contribution in [0, 0.1) is 0 Å². The van der Waals surface area contributed by atoms with Crippen LogP contribution in [0.15, 0.2) is 28.7 Å². The molecule has 0 atom stereocenters. The third-order valence-electron chi connectivity index (χ3n) is 5.83. The zero-order valence-electron chi connectivity index (χ0n) is 20.8. The number of ether oxygens (including phenoxy) is 1. The molecule has 196 valence electrons. The molecule has 36 heavy (non-hydrogen) atoms. The lowest BCUT2D eigenvalue weighted by atomic mass is 10.0. The molecule has 1 aliphatic heterocycles. The minimum atomic E-state index is -4.46. The Morgan fingerprint density at radius 3 is 2.58 bits per heavy atom. The second kappa shape index (κ2) is 10.00. The molecule has 9 nitrogen and oxygen atoms in total. The molecule has 4 rings (SSSR count). The van der Waals surface area contributed by atoms with Gasteiger partial charge in [-0.05, 0) is 71.9 Å². The number of hydrogen-bond acceptors (Lipinski definition) is 7. The summed E-state index contributed by atoms with van der Waals surface area (Å²) in [6, 6.07) is 7.12. The number of halogens is 3. The van der Waals surface area contributed by atoms with Gasteiger partial charge in [0.1, 0.15) is 17.8 Å². The Balaban J connectivity index is 1.62. The molecule has 1 aliphatic rings. The van der Waals surface area contributed by atoms with Gasteiger partial charge in [0.15, 0.2) is 0 Å². The van der Waals surface area contributed by atoms with Gasteiger partial charge in [-0.3, -0.25) is 0 Å². The van der Waals surface area contributed by atoms with Crippen molar-refractivity contribution in [2.24, 2.45) is 0 Å². The lowest BCUT2D eigenvalue weighted by molar-refractivity contribution is -0.139. The van der Waals surface area contributed by atoms with Gasteiger partial charge >= 0.3 is 12.3 Å². The summed E-state index contributed by atoms with van der Waals surface area (Å²) in [5.74, 6) is -0.0222.